The van der Waals surface area contributed by atoms with E-state index < -0.39 is 70.9 Å². The number of benzene rings is 2. The molecule has 0 radical (unpaired) electrons. The van der Waals surface area contributed by atoms with Crippen molar-refractivity contribution in [1.29, 1.82) is 0 Å². The average molecular weight is 616 g/mol. The molecular formula is C25H25F4N5O7S. The molecule has 2 atom stereocenters. The monoisotopic (exact) mass is 615 g/mol. The lowest BCUT2D eigenvalue weighted by atomic mass is 9.94. The first-order valence-electron chi connectivity index (χ1n) is 12.4. The van der Waals surface area contributed by atoms with Crippen LogP contribution in [-0.4, -0.2) is 68.0 Å². The highest BCUT2D eigenvalue weighted by Crippen LogP contribution is 2.46. The van der Waals surface area contributed by atoms with Gasteiger partial charge < -0.3 is 15.0 Å². The second kappa shape index (κ2) is 11.2. The van der Waals surface area contributed by atoms with Crippen molar-refractivity contribution < 1.29 is 49.9 Å². The first-order chi connectivity index (χ1) is 19.6. The van der Waals surface area contributed by atoms with E-state index in [1.165, 1.54) is 30.3 Å². The van der Waals surface area contributed by atoms with Gasteiger partial charge in [-0.2, -0.15) is 21.6 Å². The van der Waals surface area contributed by atoms with Crippen LogP contribution in [0.15, 0.2) is 42.5 Å². The third kappa shape index (κ3) is 6.15. The number of alkyl halides is 3. The van der Waals surface area contributed by atoms with E-state index >= 15 is 0 Å². The Hall–Kier alpha value is -4.25. The maximum absolute atomic E-state index is 13.6. The number of ether oxygens (including phenoxy) is 1. The van der Waals surface area contributed by atoms with Gasteiger partial charge in [0.05, 0.1) is 0 Å². The van der Waals surface area contributed by atoms with Crippen molar-refractivity contribution in [3.05, 3.63) is 65.0 Å². The standard InChI is InChI=1S/C25H25F4N5O7S/c1-14(25(27,28)29)33(12-15-3-5-17(26)6-4-15)20(35)13-34-21(36)24(41-23(34)38)10-9-16-11-18(7-8-19(16)24)31-22(37)32-42(39,40)30-2/h3-8,11,14,30H,9-10,12-13H2,1-2H3,(H2,31,32,37)/t14-,24+/m0/s1. The summed E-state index contributed by atoms with van der Waals surface area (Å²) in [7, 11) is -2.97. The van der Waals surface area contributed by atoms with Gasteiger partial charge in [-0.15, -0.1) is 0 Å². The minimum Gasteiger partial charge on any atom is -0.427 e. The van der Waals surface area contributed by atoms with Gasteiger partial charge in [-0.25, -0.2) is 28.3 Å². The molecule has 12 nitrogen and oxygen atoms in total. The lowest BCUT2D eigenvalue weighted by Crippen LogP contribution is -2.51. The molecule has 0 bridgehead atoms. The molecule has 226 valence electrons. The Bertz CT molecular complexity index is 1530. The predicted octanol–water partition coefficient (Wildman–Crippen LogP) is 2.51. The fourth-order valence-corrected chi connectivity index (χ4v) is 5.09. The van der Waals surface area contributed by atoms with E-state index in [0.29, 0.717) is 15.4 Å². The number of halogens is 4. The summed E-state index contributed by atoms with van der Waals surface area (Å²) in [4.78, 5) is 52.2. The molecule has 1 fully saturated rings. The van der Waals surface area contributed by atoms with E-state index in [2.05, 4.69) is 5.32 Å². The normalized spacial score (nSPS) is 19.0. The lowest BCUT2D eigenvalue weighted by Gasteiger charge is -2.31. The molecule has 1 heterocycles. The van der Waals surface area contributed by atoms with E-state index in [4.69, 9.17) is 4.74 Å². The van der Waals surface area contributed by atoms with Crippen LogP contribution in [0, 0.1) is 5.82 Å². The van der Waals surface area contributed by atoms with Crippen LogP contribution in [0.3, 0.4) is 0 Å². The van der Waals surface area contributed by atoms with E-state index in [1.54, 1.807) is 4.72 Å². The maximum Gasteiger partial charge on any atom is 0.418 e. The zero-order valence-electron chi connectivity index (χ0n) is 22.1. The molecule has 3 N–H and O–H groups in total. The largest absolute Gasteiger partial charge is 0.427 e. The molecule has 17 heteroatoms. The van der Waals surface area contributed by atoms with Crippen LogP contribution in [0.25, 0.3) is 0 Å². The highest BCUT2D eigenvalue weighted by molar-refractivity contribution is 7.88. The molecule has 5 amide bonds. The Morgan fingerprint density at radius 2 is 1.81 bits per heavy atom. The van der Waals surface area contributed by atoms with Crippen LogP contribution in [0.5, 0.6) is 0 Å². The number of urea groups is 1. The summed E-state index contributed by atoms with van der Waals surface area (Å²) in [6.45, 7) is -0.847. The number of hydrogen-bond acceptors (Lipinski definition) is 7. The van der Waals surface area contributed by atoms with Gasteiger partial charge in [0.1, 0.15) is 18.4 Å². The van der Waals surface area contributed by atoms with Gasteiger partial charge in [-0.1, -0.05) is 18.2 Å². The topological polar surface area (TPSA) is 154 Å². The summed E-state index contributed by atoms with van der Waals surface area (Å²) >= 11 is 0. The van der Waals surface area contributed by atoms with E-state index in [0.717, 1.165) is 26.1 Å². The third-order valence-corrected chi connectivity index (χ3v) is 7.93. The van der Waals surface area contributed by atoms with E-state index in [9.17, 15) is 45.2 Å². The number of imide groups is 1. The molecule has 1 aliphatic carbocycles. The van der Waals surface area contributed by atoms with Gasteiger partial charge in [0, 0.05) is 31.3 Å². The molecule has 0 aromatic heterocycles. The zero-order chi connectivity index (χ0) is 31.0. The average Bonchev–Trinajstić information content (AvgIpc) is 3.38. The van der Waals surface area contributed by atoms with Crippen molar-refractivity contribution in [1.82, 2.24) is 19.2 Å². The number of aryl methyl sites for hydroxylation is 1. The summed E-state index contributed by atoms with van der Waals surface area (Å²) in [5.41, 5.74) is -0.755. The van der Waals surface area contributed by atoms with Crippen molar-refractivity contribution in [2.24, 2.45) is 0 Å². The summed E-state index contributed by atoms with van der Waals surface area (Å²) in [6.07, 6.45) is -5.92. The first kappa shape index (κ1) is 30.7. The number of carbonyl (C=O) groups excluding carboxylic acids is 4. The Kier molecular flexibility index (Phi) is 8.19. The highest BCUT2D eigenvalue weighted by atomic mass is 32.2. The van der Waals surface area contributed by atoms with Crippen LogP contribution in [0.2, 0.25) is 0 Å². The number of carbonyl (C=O) groups is 4. The molecule has 0 unspecified atom stereocenters. The molecule has 42 heavy (non-hydrogen) atoms. The molecule has 2 aliphatic rings. The molecule has 4 rings (SSSR count). The lowest BCUT2D eigenvalue weighted by molar-refractivity contribution is -0.187. The van der Waals surface area contributed by atoms with Crippen molar-refractivity contribution in [2.75, 3.05) is 18.9 Å². The Morgan fingerprint density at radius 1 is 1.14 bits per heavy atom. The SMILES string of the molecule is CNS(=O)(=O)NC(=O)Nc1ccc2c(c1)CC[C@@]21OC(=O)N(CC(=O)N(Cc2ccc(F)cc2)[C@@H](C)C(F)(F)F)C1=O. The third-order valence-electron chi connectivity index (χ3n) is 6.93. The van der Waals surface area contributed by atoms with Crippen LogP contribution in [0.1, 0.15) is 30.0 Å². The second-order valence-corrected chi connectivity index (χ2v) is 11.2. The van der Waals surface area contributed by atoms with Gasteiger partial charge in [0.15, 0.2) is 0 Å². The van der Waals surface area contributed by atoms with Crippen LogP contribution in [-0.2, 0) is 43.1 Å². The molecule has 1 aliphatic heterocycles. The number of anilines is 1. The highest BCUT2D eigenvalue weighted by Gasteiger charge is 2.58. The minimum atomic E-state index is -4.84. The summed E-state index contributed by atoms with van der Waals surface area (Å²) in [5, 5.41) is 2.32. The number of fused-ring (bicyclic) bond motifs is 2. The van der Waals surface area contributed by atoms with Gasteiger partial charge in [0.25, 0.3) is 5.91 Å². The smallest absolute Gasteiger partial charge is 0.418 e. The predicted molar refractivity (Wildman–Crippen MR) is 137 cm³/mol. The van der Waals surface area contributed by atoms with Crippen molar-refractivity contribution in [2.45, 2.75) is 44.1 Å². The van der Waals surface area contributed by atoms with Crippen LogP contribution >= 0.6 is 0 Å². The van der Waals surface area contributed by atoms with Crippen LogP contribution < -0.4 is 14.8 Å². The Morgan fingerprint density at radius 3 is 2.43 bits per heavy atom. The zero-order valence-corrected chi connectivity index (χ0v) is 22.9. The van der Waals surface area contributed by atoms with E-state index in [1.807, 2.05) is 4.72 Å². The van der Waals surface area contributed by atoms with Gasteiger partial charge >= 0.3 is 28.5 Å². The summed E-state index contributed by atoms with van der Waals surface area (Å²) in [6, 6.07) is 5.28. The van der Waals surface area contributed by atoms with Crippen molar-refractivity contribution >= 4 is 39.8 Å². The van der Waals surface area contributed by atoms with Gasteiger partial charge in [0.2, 0.25) is 11.5 Å². The number of hydrogen-bond donors (Lipinski definition) is 3. The van der Waals surface area contributed by atoms with Crippen LogP contribution in [0.4, 0.5) is 32.8 Å². The summed E-state index contributed by atoms with van der Waals surface area (Å²) in [5.74, 6) is -2.76. The second-order valence-electron chi connectivity index (χ2n) is 9.59. The number of nitrogens with one attached hydrogen (secondary N) is 3. The Balaban J connectivity index is 1.53. The number of rotatable bonds is 8. The fraction of sp³-hybridized carbons (Fsp3) is 0.360. The summed E-state index contributed by atoms with van der Waals surface area (Å²) < 4.78 is 86.2. The molecule has 1 spiro atoms. The molecule has 0 saturated carbocycles. The maximum atomic E-state index is 13.6. The van der Waals surface area contributed by atoms with Gasteiger partial charge in [-0.3, -0.25) is 9.59 Å². The molecule has 2 aromatic carbocycles. The fourth-order valence-electron chi connectivity index (χ4n) is 4.69. The number of amides is 5. The van der Waals surface area contributed by atoms with Crippen molar-refractivity contribution in [3.8, 4) is 0 Å². The quantitative estimate of drug-likeness (QED) is 0.386. The number of nitrogens with zero attached hydrogens (tertiary/aromatic N) is 2. The molecule has 2 aromatic rings. The van der Waals surface area contributed by atoms with E-state index in [-0.39, 0.29) is 29.7 Å². The molecular weight excluding hydrogens is 590 g/mol. The first-order valence-corrected chi connectivity index (χ1v) is 13.9. The van der Waals surface area contributed by atoms with Crippen molar-refractivity contribution in [3.63, 3.8) is 0 Å². The minimum absolute atomic E-state index is 0.0420. The molecule has 1 saturated heterocycles. The van der Waals surface area contributed by atoms with Gasteiger partial charge in [-0.05, 0) is 48.7 Å². The Labute approximate surface area is 237 Å².